The second-order valence-electron chi connectivity index (χ2n) is 5.59. The van der Waals surface area contributed by atoms with E-state index < -0.39 is 0 Å². The molecule has 1 aliphatic carbocycles. The van der Waals surface area contributed by atoms with Crippen molar-refractivity contribution >= 4 is 0 Å². The standard InChI is InChI=1S/C18H18O2/c1-2-5-14(6-3-1)16-8-4-7-15-9-10-18(13-17(15)16)19-11-12-20-18/h1-8H,9-13H2. The van der Waals surface area contributed by atoms with Crippen LogP contribution in [0.15, 0.2) is 48.5 Å². The fourth-order valence-electron chi connectivity index (χ4n) is 3.39. The summed E-state index contributed by atoms with van der Waals surface area (Å²) in [6.45, 7) is 1.45. The maximum Gasteiger partial charge on any atom is 0.172 e. The first kappa shape index (κ1) is 12.1. The molecule has 102 valence electrons. The van der Waals surface area contributed by atoms with Gasteiger partial charge in [-0.15, -0.1) is 0 Å². The Balaban J connectivity index is 1.80. The van der Waals surface area contributed by atoms with Gasteiger partial charge < -0.3 is 9.47 Å². The fourth-order valence-corrected chi connectivity index (χ4v) is 3.39. The third-order valence-corrected chi connectivity index (χ3v) is 4.39. The van der Waals surface area contributed by atoms with Crippen molar-refractivity contribution in [3.63, 3.8) is 0 Å². The van der Waals surface area contributed by atoms with Crippen molar-refractivity contribution in [3.05, 3.63) is 59.7 Å². The summed E-state index contributed by atoms with van der Waals surface area (Å²) < 4.78 is 11.8. The highest BCUT2D eigenvalue weighted by atomic mass is 16.7. The third-order valence-electron chi connectivity index (χ3n) is 4.39. The first-order valence-electron chi connectivity index (χ1n) is 7.30. The quantitative estimate of drug-likeness (QED) is 0.785. The number of hydrogen-bond acceptors (Lipinski definition) is 2. The molecule has 2 heteroatoms. The molecule has 1 aliphatic heterocycles. The van der Waals surface area contributed by atoms with Crippen LogP contribution in [0.3, 0.4) is 0 Å². The van der Waals surface area contributed by atoms with Gasteiger partial charge in [0, 0.05) is 12.8 Å². The van der Waals surface area contributed by atoms with Crippen LogP contribution in [-0.4, -0.2) is 19.0 Å². The first-order chi connectivity index (χ1) is 9.86. The van der Waals surface area contributed by atoms with Gasteiger partial charge in [-0.05, 0) is 28.7 Å². The molecule has 1 heterocycles. The van der Waals surface area contributed by atoms with Gasteiger partial charge in [0.15, 0.2) is 5.79 Å². The van der Waals surface area contributed by atoms with Crippen molar-refractivity contribution in [1.82, 2.24) is 0 Å². The van der Waals surface area contributed by atoms with Crippen molar-refractivity contribution in [2.24, 2.45) is 0 Å². The molecule has 1 saturated heterocycles. The van der Waals surface area contributed by atoms with Crippen LogP contribution in [-0.2, 0) is 22.3 Å². The predicted molar refractivity (Wildman–Crippen MR) is 78.5 cm³/mol. The SMILES string of the molecule is c1ccc(-c2cccc3c2CC2(CC3)OCCO2)cc1. The lowest BCUT2D eigenvalue weighted by Gasteiger charge is -2.34. The van der Waals surface area contributed by atoms with Gasteiger partial charge in [-0.2, -0.15) is 0 Å². The summed E-state index contributed by atoms with van der Waals surface area (Å²) in [4.78, 5) is 0. The Morgan fingerprint density at radius 3 is 2.45 bits per heavy atom. The zero-order valence-electron chi connectivity index (χ0n) is 11.5. The van der Waals surface area contributed by atoms with Crippen LogP contribution in [0.1, 0.15) is 17.5 Å². The third kappa shape index (κ3) is 1.96. The molecule has 0 N–H and O–H groups in total. The lowest BCUT2D eigenvalue weighted by Crippen LogP contribution is -2.37. The molecular formula is C18H18O2. The molecule has 0 amide bonds. The summed E-state index contributed by atoms with van der Waals surface area (Å²) >= 11 is 0. The van der Waals surface area contributed by atoms with Crippen LogP contribution in [0.4, 0.5) is 0 Å². The van der Waals surface area contributed by atoms with Crippen molar-refractivity contribution in [3.8, 4) is 11.1 Å². The Kier molecular flexibility index (Phi) is 2.86. The van der Waals surface area contributed by atoms with Crippen molar-refractivity contribution in [2.45, 2.75) is 25.0 Å². The topological polar surface area (TPSA) is 18.5 Å². The van der Waals surface area contributed by atoms with Gasteiger partial charge in [0.2, 0.25) is 0 Å². The second kappa shape index (κ2) is 4.72. The summed E-state index contributed by atoms with van der Waals surface area (Å²) in [6, 6.07) is 17.2. The van der Waals surface area contributed by atoms with Crippen LogP contribution in [0.2, 0.25) is 0 Å². The monoisotopic (exact) mass is 266 g/mol. The van der Waals surface area contributed by atoms with Crippen LogP contribution in [0.5, 0.6) is 0 Å². The predicted octanol–water partition coefficient (Wildman–Crippen LogP) is 3.59. The number of aryl methyl sites for hydroxylation is 1. The number of fused-ring (bicyclic) bond motifs is 1. The average Bonchev–Trinajstić information content (AvgIpc) is 2.95. The van der Waals surface area contributed by atoms with E-state index in [-0.39, 0.29) is 5.79 Å². The molecule has 2 aromatic rings. The van der Waals surface area contributed by atoms with Gasteiger partial charge in [0.05, 0.1) is 13.2 Å². The molecular weight excluding hydrogens is 248 g/mol. The highest BCUT2D eigenvalue weighted by Gasteiger charge is 2.40. The summed E-state index contributed by atoms with van der Waals surface area (Å²) in [5.74, 6) is -0.363. The highest BCUT2D eigenvalue weighted by molar-refractivity contribution is 5.69. The minimum atomic E-state index is -0.363. The summed E-state index contributed by atoms with van der Waals surface area (Å²) in [7, 11) is 0. The molecule has 1 fully saturated rings. The van der Waals surface area contributed by atoms with Crippen molar-refractivity contribution < 1.29 is 9.47 Å². The average molecular weight is 266 g/mol. The Hall–Kier alpha value is -1.64. The van der Waals surface area contributed by atoms with Crippen LogP contribution in [0, 0.1) is 0 Å². The Morgan fingerprint density at radius 1 is 0.850 bits per heavy atom. The van der Waals surface area contributed by atoms with E-state index in [9.17, 15) is 0 Å². The molecule has 20 heavy (non-hydrogen) atoms. The van der Waals surface area contributed by atoms with E-state index in [4.69, 9.17) is 9.47 Å². The Morgan fingerprint density at radius 2 is 1.65 bits per heavy atom. The van der Waals surface area contributed by atoms with Crippen LogP contribution < -0.4 is 0 Å². The van der Waals surface area contributed by atoms with E-state index in [2.05, 4.69) is 48.5 Å². The van der Waals surface area contributed by atoms with Gasteiger partial charge >= 0.3 is 0 Å². The molecule has 0 unspecified atom stereocenters. The molecule has 0 bridgehead atoms. The van der Waals surface area contributed by atoms with Crippen molar-refractivity contribution in [1.29, 1.82) is 0 Å². The van der Waals surface area contributed by atoms with Gasteiger partial charge in [0.1, 0.15) is 0 Å². The number of rotatable bonds is 1. The fraction of sp³-hybridized carbons (Fsp3) is 0.333. The normalized spacial score (nSPS) is 20.0. The minimum absolute atomic E-state index is 0.363. The lowest BCUT2D eigenvalue weighted by molar-refractivity contribution is -0.163. The van der Waals surface area contributed by atoms with Crippen LogP contribution >= 0.6 is 0 Å². The van der Waals surface area contributed by atoms with Crippen molar-refractivity contribution in [2.75, 3.05) is 13.2 Å². The lowest BCUT2D eigenvalue weighted by atomic mass is 9.83. The number of hydrogen-bond donors (Lipinski definition) is 0. The first-order valence-corrected chi connectivity index (χ1v) is 7.30. The molecule has 0 saturated carbocycles. The van der Waals surface area contributed by atoms with Gasteiger partial charge in [-0.1, -0.05) is 48.5 Å². The molecule has 2 nitrogen and oxygen atoms in total. The van der Waals surface area contributed by atoms with E-state index >= 15 is 0 Å². The van der Waals surface area contributed by atoms with Gasteiger partial charge in [-0.25, -0.2) is 0 Å². The molecule has 1 spiro atoms. The van der Waals surface area contributed by atoms with Gasteiger partial charge in [-0.3, -0.25) is 0 Å². The largest absolute Gasteiger partial charge is 0.347 e. The molecule has 0 atom stereocenters. The van der Waals surface area contributed by atoms with Crippen LogP contribution in [0.25, 0.3) is 11.1 Å². The number of benzene rings is 2. The zero-order chi connectivity index (χ0) is 13.4. The summed E-state index contributed by atoms with van der Waals surface area (Å²) in [6.07, 6.45) is 2.88. The maximum absolute atomic E-state index is 5.91. The van der Waals surface area contributed by atoms with E-state index in [1.807, 2.05) is 0 Å². The summed E-state index contributed by atoms with van der Waals surface area (Å²) in [5.41, 5.74) is 5.43. The summed E-state index contributed by atoms with van der Waals surface area (Å²) in [5, 5.41) is 0. The van der Waals surface area contributed by atoms with E-state index in [1.165, 1.54) is 22.3 Å². The zero-order valence-corrected chi connectivity index (χ0v) is 11.5. The smallest absolute Gasteiger partial charge is 0.172 e. The molecule has 4 rings (SSSR count). The van der Waals surface area contributed by atoms with E-state index in [0.717, 1.165) is 32.5 Å². The van der Waals surface area contributed by atoms with E-state index in [1.54, 1.807) is 0 Å². The Bertz CT molecular complexity index is 613. The maximum atomic E-state index is 5.91. The minimum Gasteiger partial charge on any atom is -0.347 e. The second-order valence-corrected chi connectivity index (χ2v) is 5.59. The Labute approximate surface area is 119 Å². The molecule has 2 aromatic carbocycles. The molecule has 2 aliphatic rings. The highest BCUT2D eigenvalue weighted by Crippen LogP contribution is 2.39. The van der Waals surface area contributed by atoms with Gasteiger partial charge in [0.25, 0.3) is 0 Å². The number of ether oxygens (including phenoxy) is 2. The molecule has 0 aromatic heterocycles. The van der Waals surface area contributed by atoms with E-state index in [0.29, 0.717) is 0 Å². The molecule has 0 radical (unpaired) electrons.